The van der Waals surface area contributed by atoms with Gasteiger partial charge in [-0.25, -0.2) is 19.2 Å². The van der Waals surface area contributed by atoms with Crippen LogP contribution in [-0.2, 0) is 9.47 Å². The molecule has 11 aromatic carbocycles. The van der Waals surface area contributed by atoms with Gasteiger partial charge in [-0.3, -0.25) is 0 Å². The van der Waals surface area contributed by atoms with Gasteiger partial charge in [0.15, 0.2) is 0 Å². The molecule has 78 heavy (non-hydrogen) atoms. The Hall–Kier alpha value is -10.7. The van der Waals surface area contributed by atoms with Crippen LogP contribution in [0, 0.1) is 0 Å². The van der Waals surface area contributed by atoms with Crippen molar-refractivity contribution >= 4 is 23.9 Å². The number of hydrogen-bond acceptors (Lipinski definition) is 8. The summed E-state index contributed by atoms with van der Waals surface area (Å²) in [5.74, 6) is -0.802. The largest absolute Gasteiger partial charge is 0.457 e. The van der Waals surface area contributed by atoms with E-state index in [1.165, 1.54) is 0 Å². The summed E-state index contributed by atoms with van der Waals surface area (Å²) >= 11 is 0. The lowest BCUT2D eigenvalue weighted by molar-refractivity contribution is 0.0426. The monoisotopic (exact) mass is 1010 g/mol. The highest BCUT2D eigenvalue weighted by molar-refractivity contribution is 6.27. The zero-order chi connectivity index (χ0) is 52.7. The fourth-order valence-electron chi connectivity index (χ4n) is 10.9. The summed E-state index contributed by atoms with van der Waals surface area (Å²) in [6, 6.07) is 80.9. The van der Waals surface area contributed by atoms with E-state index in [1.54, 1.807) is 0 Å². The molecule has 2 heterocycles. The molecule has 0 saturated carbocycles. The van der Waals surface area contributed by atoms with E-state index in [4.69, 9.17) is 18.9 Å². The van der Waals surface area contributed by atoms with Gasteiger partial charge in [0.1, 0.15) is 23.0 Å². The van der Waals surface area contributed by atoms with E-state index >= 15 is 0 Å². The third kappa shape index (κ3) is 8.40. The minimum atomic E-state index is -0.708. The Morgan fingerprint density at radius 2 is 0.385 bits per heavy atom. The minimum absolute atomic E-state index is 0.206. The normalized spacial score (nSPS) is 12.4. The molecule has 370 valence electrons. The minimum Gasteiger partial charge on any atom is -0.457 e. The second-order valence-corrected chi connectivity index (χ2v) is 18.8. The molecule has 0 spiro atoms. The number of hydrogen-bond donors (Lipinski definition) is 0. The number of rotatable bonds is 12. The van der Waals surface area contributed by atoms with Crippen LogP contribution in [0.2, 0.25) is 0 Å². The van der Waals surface area contributed by atoms with Crippen molar-refractivity contribution in [3.05, 3.63) is 277 Å². The first-order valence-corrected chi connectivity index (χ1v) is 25.4. The summed E-state index contributed by atoms with van der Waals surface area (Å²) in [6.07, 6.45) is 0. The molecule has 0 unspecified atom stereocenters. The maximum absolute atomic E-state index is 14.0. The molecule has 0 aliphatic carbocycles. The highest BCUT2D eigenvalue weighted by Crippen LogP contribution is 2.54. The van der Waals surface area contributed by atoms with Crippen LogP contribution in [0.25, 0.3) is 89.0 Å². The molecule has 2 aliphatic heterocycles. The molecule has 0 radical (unpaired) electrons. The highest BCUT2D eigenvalue weighted by Gasteiger charge is 2.42. The van der Waals surface area contributed by atoms with Gasteiger partial charge in [0.25, 0.3) is 0 Å². The SMILES string of the molecule is O=C1OC(=O)c2c1c(-c1ccccc1)c(-c1ccccc1)c(-c1cccc(Oc3cccc(Oc4cccc(-c5c(-c6ccccc6)c6c(c(-c7ccccc7)c5-c5ccccc5)C(=O)OC6=O)c4)c3)c1)c2-c1ccccc1. The Morgan fingerprint density at radius 3 is 0.641 bits per heavy atom. The van der Waals surface area contributed by atoms with Crippen LogP contribution in [0.3, 0.4) is 0 Å². The average Bonchev–Trinajstić information content (AvgIpc) is 4.13. The number of ether oxygens (including phenoxy) is 4. The van der Waals surface area contributed by atoms with Crippen molar-refractivity contribution in [1.29, 1.82) is 0 Å². The Morgan fingerprint density at radius 1 is 0.192 bits per heavy atom. The van der Waals surface area contributed by atoms with E-state index in [1.807, 2.05) is 255 Å². The molecule has 0 saturated heterocycles. The molecule has 2 aliphatic rings. The standard InChI is InChI=1S/C70H42O8/c71-67-63-57(45-26-11-3-12-27-45)55(43-22-7-1-8-23-43)61(59(65(63)69(73)77-67)47-30-15-5-16-31-47)49-34-19-36-51(40-49)75-53-38-21-39-54(42-53)76-52-37-20-35-50(41-52)62-56(44-24-9-2-10-25-44)58(46-28-13-4-14-29-46)64-66(70(74)78-68(64)72)60(62)48-32-17-6-18-33-48/h1-42H. The van der Waals surface area contributed by atoms with Crippen molar-refractivity contribution in [1.82, 2.24) is 0 Å². The third-order valence-corrected chi connectivity index (χ3v) is 14.1. The van der Waals surface area contributed by atoms with Gasteiger partial charge in [-0.05, 0) is 103 Å². The molecule has 8 heteroatoms. The van der Waals surface area contributed by atoms with Crippen LogP contribution in [0.1, 0.15) is 41.4 Å². The molecule has 0 N–H and O–H groups in total. The first kappa shape index (κ1) is 47.0. The van der Waals surface area contributed by atoms with Gasteiger partial charge < -0.3 is 18.9 Å². The number of esters is 4. The van der Waals surface area contributed by atoms with Crippen LogP contribution in [0.5, 0.6) is 23.0 Å². The molecule has 0 aromatic heterocycles. The first-order valence-electron chi connectivity index (χ1n) is 25.4. The van der Waals surface area contributed by atoms with Crippen molar-refractivity contribution in [2.45, 2.75) is 0 Å². The van der Waals surface area contributed by atoms with Gasteiger partial charge in [0, 0.05) is 28.3 Å². The molecular weight excluding hydrogens is 969 g/mol. The van der Waals surface area contributed by atoms with Crippen LogP contribution in [0.15, 0.2) is 255 Å². The predicted octanol–water partition coefficient (Wildman–Crippen LogP) is 17.2. The topological polar surface area (TPSA) is 105 Å². The van der Waals surface area contributed by atoms with Gasteiger partial charge in [-0.15, -0.1) is 0 Å². The molecule has 0 amide bonds. The van der Waals surface area contributed by atoms with Crippen molar-refractivity contribution < 1.29 is 38.1 Å². The summed E-state index contributed by atoms with van der Waals surface area (Å²) in [7, 11) is 0. The zero-order valence-electron chi connectivity index (χ0n) is 41.5. The van der Waals surface area contributed by atoms with E-state index in [0.29, 0.717) is 45.3 Å². The fourth-order valence-corrected chi connectivity index (χ4v) is 10.9. The maximum atomic E-state index is 14.0. The average molecular weight is 1010 g/mol. The van der Waals surface area contributed by atoms with E-state index in [2.05, 4.69) is 0 Å². The third-order valence-electron chi connectivity index (χ3n) is 14.1. The van der Waals surface area contributed by atoms with Crippen LogP contribution < -0.4 is 9.47 Å². The molecule has 0 fully saturated rings. The van der Waals surface area contributed by atoms with Gasteiger partial charge in [0.05, 0.1) is 22.3 Å². The lowest BCUT2D eigenvalue weighted by atomic mass is 9.77. The first-order chi connectivity index (χ1) is 38.4. The number of carbonyl (C=O) groups is 4. The van der Waals surface area contributed by atoms with Crippen LogP contribution >= 0.6 is 0 Å². The zero-order valence-corrected chi connectivity index (χ0v) is 41.5. The Kier molecular flexibility index (Phi) is 12.0. The lowest BCUT2D eigenvalue weighted by Crippen LogP contribution is -2.05. The van der Waals surface area contributed by atoms with Crippen molar-refractivity contribution in [2.24, 2.45) is 0 Å². The Bertz CT molecular complexity index is 3910. The van der Waals surface area contributed by atoms with Gasteiger partial charge in [0.2, 0.25) is 0 Å². The lowest BCUT2D eigenvalue weighted by Gasteiger charge is -2.23. The highest BCUT2D eigenvalue weighted by atomic mass is 16.6. The molecule has 8 nitrogen and oxygen atoms in total. The van der Waals surface area contributed by atoms with Gasteiger partial charge in [-0.2, -0.15) is 0 Å². The molecule has 13 rings (SSSR count). The van der Waals surface area contributed by atoms with E-state index in [9.17, 15) is 19.2 Å². The molecular formula is C70H42O8. The summed E-state index contributed by atoms with van der Waals surface area (Å²) in [5.41, 5.74) is 12.4. The van der Waals surface area contributed by atoms with Gasteiger partial charge in [-0.1, -0.05) is 212 Å². The second kappa shape index (κ2) is 19.9. The number of fused-ring (bicyclic) bond motifs is 2. The van der Waals surface area contributed by atoms with Crippen molar-refractivity contribution in [3.8, 4) is 112 Å². The predicted molar refractivity (Wildman–Crippen MR) is 302 cm³/mol. The van der Waals surface area contributed by atoms with E-state index < -0.39 is 23.9 Å². The van der Waals surface area contributed by atoms with Crippen molar-refractivity contribution in [2.75, 3.05) is 0 Å². The molecule has 11 aromatic rings. The summed E-state index contributed by atoms with van der Waals surface area (Å²) in [6.45, 7) is 0. The van der Waals surface area contributed by atoms with Gasteiger partial charge >= 0.3 is 23.9 Å². The molecule has 0 bridgehead atoms. The number of benzene rings is 11. The van der Waals surface area contributed by atoms with Crippen molar-refractivity contribution in [3.63, 3.8) is 0 Å². The van der Waals surface area contributed by atoms with E-state index in [-0.39, 0.29) is 22.3 Å². The maximum Gasteiger partial charge on any atom is 0.347 e. The summed E-state index contributed by atoms with van der Waals surface area (Å²) < 4.78 is 24.3. The smallest absolute Gasteiger partial charge is 0.347 e. The number of carbonyl (C=O) groups excluding carboxylic acids is 4. The Balaban J connectivity index is 0.922. The second-order valence-electron chi connectivity index (χ2n) is 18.8. The Labute approximate surface area is 449 Å². The quantitative estimate of drug-likeness (QED) is 0.0880. The summed E-state index contributed by atoms with van der Waals surface area (Å²) in [5, 5.41) is 0. The van der Waals surface area contributed by atoms with Crippen LogP contribution in [0.4, 0.5) is 0 Å². The summed E-state index contributed by atoms with van der Waals surface area (Å²) in [4.78, 5) is 55.9. The van der Waals surface area contributed by atoms with E-state index in [0.717, 1.165) is 66.8 Å². The van der Waals surface area contributed by atoms with Crippen LogP contribution in [-0.4, -0.2) is 23.9 Å². The molecule has 0 atom stereocenters. The number of cyclic esters (lactones) is 4. The fraction of sp³-hybridized carbons (Fsp3) is 0.